The van der Waals surface area contributed by atoms with Gasteiger partial charge >= 0.3 is 0 Å². The third-order valence-electron chi connectivity index (χ3n) is 3.88. The summed E-state index contributed by atoms with van der Waals surface area (Å²) in [7, 11) is 1.71. The van der Waals surface area contributed by atoms with E-state index < -0.39 is 0 Å². The van der Waals surface area contributed by atoms with Crippen LogP contribution in [0.4, 0.5) is 0 Å². The Kier molecular flexibility index (Phi) is 3.93. The van der Waals surface area contributed by atoms with Crippen LogP contribution in [0, 0.1) is 13.8 Å². The number of benzene rings is 1. The summed E-state index contributed by atoms with van der Waals surface area (Å²) in [5.74, 6) is 0.935. The number of nitrogens with two attached hydrogens (primary N) is 1. The van der Waals surface area contributed by atoms with Crippen LogP contribution in [0.2, 0.25) is 0 Å². The molecule has 2 N–H and O–H groups in total. The van der Waals surface area contributed by atoms with Gasteiger partial charge < -0.3 is 15.2 Å². The van der Waals surface area contributed by atoms with Gasteiger partial charge in [-0.3, -0.25) is 0 Å². The second-order valence-corrected chi connectivity index (χ2v) is 5.26. The van der Waals surface area contributed by atoms with E-state index in [1.165, 1.54) is 11.1 Å². The molecule has 1 heterocycles. The number of aryl methyl sites for hydroxylation is 2. The topological polar surface area (TPSA) is 44.5 Å². The van der Waals surface area contributed by atoms with Gasteiger partial charge in [0.2, 0.25) is 0 Å². The Morgan fingerprint density at radius 3 is 2.67 bits per heavy atom. The van der Waals surface area contributed by atoms with Crippen molar-refractivity contribution in [3.63, 3.8) is 0 Å². The van der Waals surface area contributed by atoms with Gasteiger partial charge in [-0.2, -0.15) is 0 Å². The average Bonchev–Trinajstić information content (AvgIpc) is 2.57. The van der Waals surface area contributed by atoms with Crippen molar-refractivity contribution in [2.45, 2.75) is 38.6 Å². The van der Waals surface area contributed by atoms with Crippen LogP contribution in [0.5, 0.6) is 5.75 Å². The molecule has 0 aromatic heterocycles. The maximum Gasteiger partial charge on any atom is 0.122 e. The molecule has 18 heavy (non-hydrogen) atoms. The summed E-state index contributed by atoms with van der Waals surface area (Å²) in [5, 5.41) is 0. The molecule has 1 aromatic carbocycles. The molecule has 0 spiro atoms. The summed E-state index contributed by atoms with van der Waals surface area (Å²) in [6.45, 7) is 5.75. The minimum absolute atomic E-state index is 0.252. The van der Waals surface area contributed by atoms with Gasteiger partial charge in [0.1, 0.15) is 5.75 Å². The van der Waals surface area contributed by atoms with E-state index in [4.69, 9.17) is 15.2 Å². The predicted molar refractivity (Wildman–Crippen MR) is 73.0 cm³/mol. The van der Waals surface area contributed by atoms with E-state index in [1.807, 2.05) is 0 Å². The monoisotopic (exact) mass is 249 g/mol. The average molecular weight is 249 g/mol. The molecule has 1 saturated heterocycles. The Morgan fingerprint density at radius 1 is 1.17 bits per heavy atom. The fourth-order valence-corrected chi connectivity index (χ4v) is 2.79. The van der Waals surface area contributed by atoms with Crippen molar-refractivity contribution >= 4 is 0 Å². The van der Waals surface area contributed by atoms with Crippen molar-refractivity contribution in [3.05, 3.63) is 28.8 Å². The Labute approximate surface area is 109 Å². The summed E-state index contributed by atoms with van der Waals surface area (Å²) in [6, 6.07) is 4.27. The maximum absolute atomic E-state index is 6.62. The van der Waals surface area contributed by atoms with Gasteiger partial charge in [0.05, 0.1) is 7.11 Å². The summed E-state index contributed by atoms with van der Waals surface area (Å²) < 4.78 is 10.9. The lowest BCUT2D eigenvalue weighted by atomic mass is 9.81. The van der Waals surface area contributed by atoms with Gasteiger partial charge in [-0.25, -0.2) is 0 Å². The van der Waals surface area contributed by atoms with E-state index in [0.717, 1.165) is 43.8 Å². The lowest BCUT2D eigenvalue weighted by molar-refractivity contribution is 0.139. The fraction of sp³-hybridized carbons (Fsp3) is 0.600. The minimum Gasteiger partial charge on any atom is -0.496 e. The van der Waals surface area contributed by atoms with Crippen molar-refractivity contribution in [3.8, 4) is 5.75 Å². The molecule has 1 fully saturated rings. The van der Waals surface area contributed by atoms with Crippen LogP contribution >= 0.6 is 0 Å². The summed E-state index contributed by atoms with van der Waals surface area (Å²) in [5.41, 5.74) is 9.97. The van der Waals surface area contributed by atoms with Gasteiger partial charge in [-0.15, -0.1) is 0 Å². The van der Waals surface area contributed by atoms with Crippen molar-refractivity contribution < 1.29 is 9.47 Å². The van der Waals surface area contributed by atoms with E-state index >= 15 is 0 Å². The highest BCUT2D eigenvalue weighted by Crippen LogP contribution is 2.35. The molecule has 0 saturated carbocycles. The van der Waals surface area contributed by atoms with Gasteiger partial charge in [-0.1, -0.05) is 6.07 Å². The zero-order chi connectivity index (χ0) is 13.2. The lowest BCUT2D eigenvalue weighted by Crippen LogP contribution is -2.37. The fourth-order valence-electron chi connectivity index (χ4n) is 2.79. The van der Waals surface area contributed by atoms with Crippen LogP contribution in [0.25, 0.3) is 0 Å². The molecule has 1 unspecified atom stereocenters. The normalized spacial score (nSPS) is 24.7. The van der Waals surface area contributed by atoms with E-state index in [9.17, 15) is 0 Å². The number of hydrogen-bond donors (Lipinski definition) is 1. The van der Waals surface area contributed by atoms with E-state index in [1.54, 1.807) is 7.11 Å². The predicted octanol–water partition coefficient (Wildman–Crippen LogP) is 2.67. The molecule has 3 nitrogen and oxygen atoms in total. The smallest absolute Gasteiger partial charge is 0.122 e. The Bertz CT molecular complexity index is 421. The lowest BCUT2D eigenvalue weighted by Gasteiger charge is -2.30. The van der Waals surface area contributed by atoms with E-state index in [2.05, 4.69) is 26.0 Å². The Balaban J connectivity index is 2.39. The standard InChI is InChI=1S/C15H23NO2/c1-11-10-14(17-3)12(2)9-13(11)15(16)5-4-7-18-8-6-15/h9-10H,4-8,16H2,1-3H3. The second kappa shape index (κ2) is 5.29. The van der Waals surface area contributed by atoms with Gasteiger partial charge in [0.25, 0.3) is 0 Å². The van der Waals surface area contributed by atoms with Gasteiger partial charge in [-0.05, 0) is 55.9 Å². The first-order valence-corrected chi connectivity index (χ1v) is 6.59. The third kappa shape index (κ3) is 2.52. The van der Waals surface area contributed by atoms with Crippen LogP contribution in [0.1, 0.15) is 36.0 Å². The zero-order valence-corrected chi connectivity index (χ0v) is 11.6. The van der Waals surface area contributed by atoms with Crippen LogP contribution in [0.15, 0.2) is 12.1 Å². The first-order chi connectivity index (χ1) is 8.57. The quantitative estimate of drug-likeness (QED) is 0.876. The molecule has 0 bridgehead atoms. The van der Waals surface area contributed by atoms with Gasteiger partial charge in [0.15, 0.2) is 0 Å². The van der Waals surface area contributed by atoms with Crippen LogP contribution < -0.4 is 10.5 Å². The molecule has 1 aliphatic heterocycles. The Hall–Kier alpha value is -1.06. The molecule has 0 radical (unpaired) electrons. The molecule has 100 valence electrons. The van der Waals surface area contributed by atoms with Crippen molar-refractivity contribution in [2.75, 3.05) is 20.3 Å². The van der Waals surface area contributed by atoms with Gasteiger partial charge in [0, 0.05) is 18.8 Å². The van der Waals surface area contributed by atoms with Crippen LogP contribution in [0.3, 0.4) is 0 Å². The summed E-state index contributed by atoms with van der Waals surface area (Å²) >= 11 is 0. The first kappa shape index (κ1) is 13.4. The van der Waals surface area contributed by atoms with Crippen molar-refractivity contribution in [1.29, 1.82) is 0 Å². The molecule has 1 aliphatic rings. The summed E-state index contributed by atoms with van der Waals surface area (Å²) in [6.07, 6.45) is 2.90. The largest absolute Gasteiger partial charge is 0.496 e. The molecular formula is C15H23NO2. The number of ether oxygens (including phenoxy) is 2. The highest BCUT2D eigenvalue weighted by Gasteiger charge is 2.30. The second-order valence-electron chi connectivity index (χ2n) is 5.26. The molecule has 2 rings (SSSR count). The SMILES string of the molecule is COc1cc(C)c(C2(N)CCCOCC2)cc1C. The molecule has 0 amide bonds. The first-order valence-electron chi connectivity index (χ1n) is 6.59. The molecule has 1 aromatic rings. The minimum atomic E-state index is -0.252. The highest BCUT2D eigenvalue weighted by atomic mass is 16.5. The molecule has 1 atom stereocenters. The molecule has 0 aliphatic carbocycles. The third-order valence-corrected chi connectivity index (χ3v) is 3.88. The number of hydrogen-bond acceptors (Lipinski definition) is 3. The van der Waals surface area contributed by atoms with Crippen LogP contribution in [-0.2, 0) is 10.3 Å². The number of rotatable bonds is 2. The Morgan fingerprint density at radius 2 is 1.94 bits per heavy atom. The molecular weight excluding hydrogens is 226 g/mol. The highest BCUT2D eigenvalue weighted by molar-refractivity contribution is 5.44. The summed E-state index contributed by atoms with van der Waals surface area (Å²) in [4.78, 5) is 0. The van der Waals surface area contributed by atoms with Crippen molar-refractivity contribution in [1.82, 2.24) is 0 Å². The van der Waals surface area contributed by atoms with Crippen molar-refractivity contribution in [2.24, 2.45) is 5.73 Å². The zero-order valence-electron chi connectivity index (χ0n) is 11.6. The maximum atomic E-state index is 6.62. The number of methoxy groups -OCH3 is 1. The van der Waals surface area contributed by atoms with Crippen LogP contribution in [-0.4, -0.2) is 20.3 Å². The molecule has 3 heteroatoms. The van der Waals surface area contributed by atoms with E-state index in [-0.39, 0.29) is 5.54 Å². The van der Waals surface area contributed by atoms with E-state index in [0.29, 0.717) is 0 Å².